The van der Waals surface area contributed by atoms with Crippen LogP contribution in [0.2, 0.25) is 0 Å². The van der Waals surface area contributed by atoms with Crippen molar-refractivity contribution in [2.24, 2.45) is 46.8 Å². The summed E-state index contributed by atoms with van der Waals surface area (Å²) in [5.74, 6) is 3.72. The molecule has 328 valence electrons. The topological polar surface area (TPSA) is 195 Å². The summed E-state index contributed by atoms with van der Waals surface area (Å²) < 4.78 is 19.2. The number of ether oxygens (including phenoxy) is 3. The van der Waals surface area contributed by atoms with E-state index in [1.807, 2.05) is 0 Å². The van der Waals surface area contributed by atoms with Crippen LogP contribution in [-0.4, -0.2) is 89.5 Å². The van der Waals surface area contributed by atoms with E-state index in [2.05, 4.69) is 23.7 Å². The number of carbonyl (C=O) groups excluding carboxylic acids is 1. The zero-order valence-electron chi connectivity index (χ0n) is 34.6. The second kappa shape index (κ2) is 21.9. The Balaban J connectivity index is 0.828. The van der Waals surface area contributed by atoms with Crippen LogP contribution in [0, 0.1) is 40.9 Å². The van der Waals surface area contributed by atoms with E-state index in [0.717, 1.165) is 89.9 Å². The van der Waals surface area contributed by atoms with E-state index in [4.69, 9.17) is 40.0 Å². The van der Waals surface area contributed by atoms with Crippen LogP contribution in [0.25, 0.3) is 0 Å². The van der Waals surface area contributed by atoms with Crippen molar-refractivity contribution in [2.45, 2.75) is 204 Å². The van der Waals surface area contributed by atoms with Gasteiger partial charge in [0, 0.05) is 0 Å². The number of hydrogen-bond acceptors (Lipinski definition) is 13. The second-order valence-electron chi connectivity index (χ2n) is 19.1. The number of hydrogen-bond donors (Lipinski definition) is 4. The maximum Gasteiger partial charge on any atom is 0.310 e. The lowest BCUT2D eigenvalue weighted by molar-refractivity contribution is -0.341. The average Bonchev–Trinajstić information content (AvgIpc) is 3.21. The number of aliphatic hydroxyl groups excluding tert-OH is 1. The number of carbonyl (C=O) groups is 2. The Morgan fingerprint density at radius 2 is 1.09 bits per heavy atom. The fourth-order valence-electron chi connectivity index (χ4n) is 11.5. The molecule has 0 heterocycles. The van der Waals surface area contributed by atoms with Crippen LogP contribution in [0.4, 0.5) is 0 Å². The highest BCUT2D eigenvalue weighted by atomic mass is 17.3. The molecule has 0 aliphatic heterocycles. The van der Waals surface area contributed by atoms with E-state index in [1.54, 1.807) is 0 Å². The van der Waals surface area contributed by atoms with Gasteiger partial charge in [-0.2, -0.15) is 5.90 Å². The van der Waals surface area contributed by atoms with Crippen molar-refractivity contribution in [2.75, 3.05) is 13.2 Å². The molecule has 6 fully saturated rings. The van der Waals surface area contributed by atoms with E-state index in [-0.39, 0.29) is 66.9 Å². The molecular formula is C43H73NO13. The van der Waals surface area contributed by atoms with Crippen molar-refractivity contribution in [3.63, 3.8) is 0 Å². The number of aliphatic hydroxyl groups is 1. The van der Waals surface area contributed by atoms with Crippen LogP contribution in [0.5, 0.6) is 0 Å². The third kappa shape index (κ3) is 12.8. The molecule has 0 saturated heterocycles. The number of rotatable bonds is 17. The first kappa shape index (κ1) is 45.1. The van der Waals surface area contributed by atoms with Gasteiger partial charge in [0.15, 0.2) is 0 Å². The van der Waals surface area contributed by atoms with Gasteiger partial charge in [0.25, 0.3) is 0 Å². The first-order valence-electron chi connectivity index (χ1n) is 22.5. The van der Waals surface area contributed by atoms with Gasteiger partial charge >= 0.3 is 11.9 Å². The van der Waals surface area contributed by atoms with E-state index in [1.165, 1.54) is 25.7 Å². The summed E-state index contributed by atoms with van der Waals surface area (Å²) in [6, 6.07) is 0. The summed E-state index contributed by atoms with van der Waals surface area (Å²) >= 11 is 0. The predicted octanol–water partition coefficient (Wildman–Crippen LogP) is 7.24. The lowest BCUT2D eigenvalue weighted by atomic mass is 9.60. The van der Waals surface area contributed by atoms with Gasteiger partial charge in [-0.15, -0.1) is 4.99 Å². The minimum Gasteiger partial charge on any atom is -0.481 e. The van der Waals surface area contributed by atoms with Gasteiger partial charge in [-0.25, -0.2) is 19.6 Å². The third-order valence-electron chi connectivity index (χ3n) is 15.2. The Labute approximate surface area is 339 Å². The molecule has 0 radical (unpaired) electrons. The van der Waals surface area contributed by atoms with Gasteiger partial charge in [-0.05, 0) is 170 Å². The van der Waals surface area contributed by atoms with Gasteiger partial charge in [0.2, 0.25) is 0 Å². The zero-order valence-corrected chi connectivity index (χ0v) is 34.6. The minimum atomic E-state index is -0.985. The van der Waals surface area contributed by atoms with Crippen LogP contribution in [0.15, 0.2) is 0 Å². The van der Waals surface area contributed by atoms with Gasteiger partial charge in [-0.1, -0.05) is 13.8 Å². The first-order valence-corrected chi connectivity index (χ1v) is 22.5. The molecule has 6 atom stereocenters. The fourth-order valence-corrected chi connectivity index (χ4v) is 11.5. The van der Waals surface area contributed by atoms with Gasteiger partial charge in [0.05, 0.1) is 67.8 Å². The Morgan fingerprint density at radius 1 is 0.579 bits per heavy atom. The highest BCUT2D eigenvalue weighted by Crippen LogP contribution is 2.49. The Kier molecular flexibility index (Phi) is 17.3. The molecule has 0 spiro atoms. The van der Waals surface area contributed by atoms with Gasteiger partial charge in [-0.3, -0.25) is 14.8 Å². The van der Waals surface area contributed by atoms with Crippen LogP contribution >= 0.6 is 0 Å². The molecule has 6 unspecified atom stereocenters. The monoisotopic (exact) mass is 812 g/mol. The fraction of sp³-hybridized carbons (Fsp3) is 0.953. The maximum absolute atomic E-state index is 13.1. The molecule has 14 nitrogen and oxygen atoms in total. The van der Waals surface area contributed by atoms with Crippen molar-refractivity contribution in [1.82, 2.24) is 0 Å². The van der Waals surface area contributed by atoms with E-state index in [9.17, 15) is 19.8 Å². The summed E-state index contributed by atoms with van der Waals surface area (Å²) in [7, 11) is 0. The summed E-state index contributed by atoms with van der Waals surface area (Å²) in [5.41, 5.74) is 0.287. The molecule has 6 aliphatic carbocycles. The number of carboxylic acid groups (broad SMARTS) is 1. The van der Waals surface area contributed by atoms with Crippen LogP contribution in [0.3, 0.4) is 0 Å². The molecule has 0 aromatic heterocycles. The van der Waals surface area contributed by atoms with Crippen LogP contribution < -0.4 is 5.90 Å². The molecule has 0 bridgehead atoms. The standard InChI is InChI=1S/C43H73NO13/c1-43(2,30-6-11-33(12-7-30)53-35-17-19-37(20-18-35)55-51-26-28-23-31(45)8-3-27(28)25-50-49)29-4-9-32(10-5-29)52-34-13-15-36(16-14-34)54-42(48)40-24-38(56-57-44)21-22-39(40)41(46)47/h27-40,45,49H,3-26,44H2,1-2H3,(H,46,47). The van der Waals surface area contributed by atoms with Crippen LogP contribution in [0.1, 0.15) is 155 Å². The molecule has 0 aromatic carbocycles. The quantitative estimate of drug-likeness (QED) is 0.0652. The van der Waals surface area contributed by atoms with E-state index >= 15 is 0 Å². The largest absolute Gasteiger partial charge is 0.481 e. The average molecular weight is 812 g/mol. The minimum absolute atomic E-state index is 0.0706. The highest BCUT2D eigenvalue weighted by molar-refractivity contribution is 5.81. The van der Waals surface area contributed by atoms with E-state index < -0.39 is 29.9 Å². The lowest BCUT2D eigenvalue weighted by Gasteiger charge is -2.47. The van der Waals surface area contributed by atoms with Crippen molar-refractivity contribution in [1.29, 1.82) is 0 Å². The number of esters is 1. The molecule has 6 saturated carbocycles. The molecule has 6 aliphatic rings. The molecule has 6 rings (SSSR count). The molecule has 0 aromatic rings. The summed E-state index contributed by atoms with van der Waals surface area (Å²) in [6.45, 7) is 5.67. The molecule has 5 N–H and O–H groups in total. The number of carboxylic acids is 1. The number of aliphatic carboxylic acids is 1. The summed E-state index contributed by atoms with van der Waals surface area (Å²) in [4.78, 5) is 50.1. The Morgan fingerprint density at radius 3 is 1.61 bits per heavy atom. The lowest BCUT2D eigenvalue weighted by Crippen LogP contribution is -2.41. The van der Waals surface area contributed by atoms with Crippen molar-refractivity contribution in [3.8, 4) is 0 Å². The second-order valence-corrected chi connectivity index (χ2v) is 19.1. The van der Waals surface area contributed by atoms with Gasteiger partial charge < -0.3 is 24.4 Å². The van der Waals surface area contributed by atoms with Crippen molar-refractivity contribution >= 4 is 11.9 Å². The summed E-state index contributed by atoms with van der Waals surface area (Å²) in [5, 5.41) is 28.7. The third-order valence-corrected chi connectivity index (χ3v) is 15.2. The normalized spacial score (nSPS) is 39.7. The van der Waals surface area contributed by atoms with Crippen LogP contribution in [-0.2, 0) is 48.3 Å². The summed E-state index contributed by atoms with van der Waals surface area (Å²) in [6.07, 6.45) is 19.6. The Hall–Kier alpha value is -1.46. The van der Waals surface area contributed by atoms with E-state index in [0.29, 0.717) is 43.8 Å². The predicted molar refractivity (Wildman–Crippen MR) is 207 cm³/mol. The SMILES string of the molecule is CC(C)(C1CCC(OC2CCC(OOCC3CC(O)CCC3COO)CC2)CC1)C1CCC(OC2CCC(OC(=O)C3CC(OON)CCC3C(=O)O)CC2)CC1. The van der Waals surface area contributed by atoms with Crippen molar-refractivity contribution < 1.29 is 63.8 Å². The molecule has 0 amide bonds. The smallest absolute Gasteiger partial charge is 0.310 e. The number of nitrogens with two attached hydrogens (primary N) is 1. The zero-order chi connectivity index (χ0) is 40.4. The first-order chi connectivity index (χ1) is 27.5. The molecular weight excluding hydrogens is 738 g/mol. The molecule has 57 heavy (non-hydrogen) atoms. The highest BCUT2D eigenvalue weighted by Gasteiger charge is 2.44. The van der Waals surface area contributed by atoms with Crippen molar-refractivity contribution in [3.05, 3.63) is 0 Å². The molecule has 14 heteroatoms. The Bertz CT molecular complexity index is 1210. The van der Waals surface area contributed by atoms with Gasteiger partial charge in [0.1, 0.15) is 6.10 Å². The maximum atomic E-state index is 13.1.